The Morgan fingerprint density at radius 2 is 1.88 bits per heavy atom. The molecule has 0 bridgehead atoms. The van der Waals surface area contributed by atoms with Crippen molar-refractivity contribution in [3.63, 3.8) is 0 Å². The number of alkyl halides is 3. The largest absolute Gasteiger partial charge is 0.391 e. The average molecular weight is 244 g/mol. The van der Waals surface area contributed by atoms with Gasteiger partial charge in [-0.1, -0.05) is 6.07 Å². The number of aryl methyl sites for hydroxylation is 1. The summed E-state index contributed by atoms with van der Waals surface area (Å²) in [5.41, 5.74) is 0.889. The van der Waals surface area contributed by atoms with E-state index in [1.807, 2.05) is 30.0 Å². The molecule has 0 aliphatic carbocycles. The number of aromatic nitrogens is 1. The minimum Gasteiger partial charge on any atom is -0.357 e. The van der Waals surface area contributed by atoms with Crippen molar-refractivity contribution in [3.8, 4) is 0 Å². The Balaban J connectivity index is 2.00. The lowest BCUT2D eigenvalue weighted by molar-refractivity contribution is -0.179. The molecule has 1 aromatic heterocycles. The zero-order valence-corrected chi connectivity index (χ0v) is 9.67. The fourth-order valence-corrected chi connectivity index (χ4v) is 2.14. The van der Waals surface area contributed by atoms with E-state index in [2.05, 4.69) is 4.98 Å². The third-order valence-corrected chi connectivity index (χ3v) is 3.16. The van der Waals surface area contributed by atoms with Gasteiger partial charge in [-0.05, 0) is 31.9 Å². The zero-order chi connectivity index (χ0) is 12.5. The van der Waals surface area contributed by atoms with Crippen LogP contribution in [0.2, 0.25) is 0 Å². The quantitative estimate of drug-likeness (QED) is 0.754. The molecule has 0 N–H and O–H groups in total. The Morgan fingerprint density at radius 1 is 1.24 bits per heavy atom. The van der Waals surface area contributed by atoms with Crippen molar-refractivity contribution in [2.45, 2.75) is 25.9 Å². The number of piperidine rings is 1. The Bertz CT molecular complexity index is 382. The first-order valence-corrected chi connectivity index (χ1v) is 5.72. The number of hydrogen-bond acceptors (Lipinski definition) is 2. The molecule has 94 valence electrons. The number of nitrogens with zero attached hydrogens (tertiary/aromatic N) is 2. The predicted molar refractivity (Wildman–Crippen MR) is 60.0 cm³/mol. The molecule has 5 heteroatoms. The minimum absolute atomic E-state index is 0.166. The van der Waals surface area contributed by atoms with Crippen LogP contribution in [0.25, 0.3) is 0 Å². The van der Waals surface area contributed by atoms with Crippen LogP contribution in [0.1, 0.15) is 18.5 Å². The Morgan fingerprint density at radius 3 is 2.41 bits per heavy atom. The summed E-state index contributed by atoms with van der Waals surface area (Å²) in [6.07, 6.45) is -3.72. The lowest BCUT2D eigenvalue weighted by Gasteiger charge is -2.33. The standard InChI is InChI=1S/C12H15F3N2/c1-9-3-2-4-11(16-9)17-7-5-10(6-8-17)12(13,14)15/h2-4,10H,5-8H2,1H3. The molecule has 0 spiro atoms. The highest BCUT2D eigenvalue weighted by Gasteiger charge is 2.41. The molecule has 0 aromatic carbocycles. The molecule has 1 aliphatic rings. The second kappa shape index (κ2) is 4.55. The van der Waals surface area contributed by atoms with Crippen molar-refractivity contribution < 1.29 is 13.2 Å². The van der Waals surface area contributed by atoms with Gasteiger partial charge in [-0.25, -0.2) is 4.98 Å². The van der Waals surface area contributed by atoms with Gasteiger partial charge in [0.1, 0.15) is 5.82 Å². The molecule has 0 saturated carbocycles. The first kappa shape index (κ1) is 12.2. The van der Waals surface area contributed by atoms with Gasteiger partial charge in [0.15, 0.2) is 0 Å². The smallest absolute Gasteiger partial charge is 0.357 e. The second-order valence-electron chi connectivity index (χ2n) is 4.44. The Kier molecular flexibility index (Phi) is 3.26. The topological polar surface area (TPSA) is 16.1 Å². The highest BCUT2D eigenvalue weighted by Crippen LogP contribution is 2.34. The summed E-state index contributed by atoms with van der Waals surface area (Å²) in [5.74, 6) is -0.366. The summed E-state index contributed by atoms with van der Waals surface area (Å²) in [4.78, 5) is 6.25. The van der Waals surface area contributed by atoms with Crippen LogP contribution in [0.3, 0.4) is 0 Å². The van der Waals surface area contributed by atoms with Gasteiger partial charge >= 0.3 is 6.18 Å². The molecule has 2 heterocycles. The van der Waals surface area contributed by atoms with Crippen LogP contribution in [0.15, 0.2) is 18.2 Å². The average Bonchev–Trinajstić information content (AvgIpc) is 2.28. The third-order valence-electron chi connectivity index (χ3n) is 3.16. The van der Waals surface area contributed by atoms with Gasteiger partial charge < -0.3 is 4.90 Å². The molecule has 0 radical (unpaired) electrons. The van der Waals surface area contributed by atoms with Crippen molar-refractivity contribution in [1.29, 1.82) is 0 Å². The van der Waals surface area contributed by atoms with E-state index < -0.39 is 12.1 Å². The van der Waals surface area contributed by atoms with Gasteiger partial charge in [0.2, 0.25) is 0 Å². The summed E-state index contributed by atoms with van der Waals surface area (Å²) in [6, 6.07) is 5.61. The molecule has 0 atom stereocenters. The minimum atomic E-state index is -4.05. The highest BCUT2D eigenvalue weighted by atomic mass is 19.4. The van der Waals surface area contributed by atoms with Crippen molar-refractivity contribution in [2.24, 2.45) is 5.92 Å². The number of pyridine rings is 1. The molecule has 0 unspecified atom stereocenters. The number of hydrogen-bond donors (Lipinski definition) is 0. The van der Waals surface area contributed by atoms with Crippen LogP contribution in [-0.4, -0.2) is 24.2 Å². The fourth-order valence-electron chi connectivity index (χ4n) is 2.14. The van der Waals surface area contributed by atoms with Gasteiger partial charge in [0.05, 0.1) is 5.92 Å². The Labute approximate surface area is 98.5 Å². The van der Waals surface area contributed by atoms with Crippen molar-refractivity contribution in [3.05, 3.63) is 23.9 Å². The number of anilines is 1. The van der Waals surface area contributed by atoms with Gasteiger partial charge in [0, 0.05) is 18.8 Å². The van der Waals surface area contributed by atoms with Gasteiger partial charge in [0.25, 0.3) is 0 Å². The SMILES string of the molecule is Cc1cccc(N2CCC(C(F)(F)F)CC2)n1. The molecule has 0 amide bonds. The van der Waals surface area contributed by atoms with E-state index in [0.717, 1.165) is 11.5 Å². The van der Waals surface area contributed by atoms with E-state index in [-0.39, 0.29) is 12.8 Å². The Hall–Kier alpha value is -1.26. The van der Waals surface area contributed by atoms with Crippen LogP contribution in [0.5, 0.6) is 0 Å². The van der Waals surface area contributed by atoms with Crippen molar-refractivity contribution in [2.75, 3.05) is 18.0 Å². The molecule has 1 aromatic rings. The van der Waals surface area contributed by atoms with E-state index in [1.165, 1.54) is 0 Å². The normalized spacial score (nSPS) is 18.5. The maximum absolute atomic E-state index is 12.5. The number of rotatable bonds is 1. The zero-order valence-electron chi connectivity index (χ0n) is 9.67. The predicted octanol–water partition coefficient (Wildman–Crippen LogP) is 3.17. The third kappa shape index (κ3) is 2.90. The first-order chi connectivity index (χ1) is 7.97. The molecule has 1 fully saturated rings. The van der Waals surface area contributed by atoms with Crippen LogP contribution < -0.4 is 4.90 Å². The molecule has 2 rings (SSSR count). The summed E-state index contributed by atoms with van der Waals surface area (Å²) in [5, 5.41) is 0. The summed E-state index contributed by atoms with van der Waals surface area (Å²) in [7, 11) is 0. The lowest BCUT2D eigenvalue weighted by Crippen LogP contribution is -2.39. The van der Waals surface area contributed by atoms with Gasteiger partial charge in [-0.2, -0.15) is 13.2 Å². The second-order valence-corrected chi connectivity index (χ2v) is 4.44. The maximum atomic E-state index is 12.5. The summed E-state index contributed by atoms with van der Waals surface area (Å²) in [6.45, 7) is 2.74. The highest BCUT2D eigenvalue weighted by molar-refractivity contribution is 5.39. The summed E-state index contributed by atoms with van der Waals surface area (Å²) >= 11 is 0. The fraction of sp³-hybridized carbons (Fsp3) is 0.583. The lowest BCUT2D eigenvalue weighted by atomic mass is 9.96. The molecule has 2 nitrogen and oxygen atoms in total. The van der Waals surface area contributed by atoms with Crippen LogP contribution in [-0.2, 0) is 0 Å². The van der Waals surface area contributed by atoms with Crippen molar-refractivity contribution in [1.82, 2.24) is 4.98 Å². The van der Waals surface area contributed by atoms with Crippen molar-refractivity contribution >= 4 is 5.82 Å². The van der Waals surface area contributed by atoms with Gasteiger partial charge in [-0.15, -0.1) is 0 Å². The molecule has 17 heavy (non-hydrogen) atoms. The van der Waals surface area contributed by atoms with Crippen LogP contribution >= 0.6 is 0 Å². The van der Waals surface area contributed by atoms with Crippen LogP contribution in [0.4, 0.5) is 19.0 Å². The van der Waals surface area contributed by atoms with E-state index in [9.17, 15) is 13.2 Å². The van der Waals surface area contributed by atoms with E-state index in [1.54, 1.807) is 0 Å². The van der Waals surface area contributed by atoms with Gasteiger partial charge in [-0.3, -0.25) is 0 Å². The molecule has 1 saturated heterocycles. The summed E-state index contributed by atoms with van der Waals surface area (Å²) < 4.78 is 37.5. The molecular weight excluding hydrogens is 229 g/mol. The van der Waals surface area contributed by atoms with E-state index >= 15 is 0 Å². The molecule has 1 aliphatic heterocycles. The van der Waals surface area contributed by atoms with E-state index in [0.29, 0.717) is 13.1 Å². The number of halogens is 3. The van der Waals surface area contributed by atoms with Crippen LogP contribution in [0, 0.1) is 12.8 Å². The first-order valence-electron chi connectivity index (χ1n) is 5.72. The monoisotopic (exact) mass is 244 g/mol. The van der Waals surface area contributed by atoms with E-state index in [4.69, 9.17) is 0 Å². The molecular formula is C12H15F3N2. The maximum Gasteiger partial charge on any atom is 0.391 e.